The van der Waals surface area contributed by atoms with E-state index in [0.717, 1.165) is 32.7 Å². The van der Waals surface area contributed by atoms with Crippen molar-refractivity contribution in [3.63, 3.8) is 0 Å². The Bertz CT molecular complexity index is 473. The van der Waals surface area contributed by atoms with E-state index < -0.39 is 0 Å². The molecule has 4 nitrogen and oxygen atoms in total. The summed E-state index contributed by atoms with van der Waals surface area (Å²) in [6.45, 7) is 6.89. The van der Waals surface area contributed by atoms with Crippen molar-refractivity contribution in [3.05, 3.63) is 28.2 Å². The van der Waals surface area contributed by atoms with Gasteiger partial charge < -0.3 is 15.1 Å². The fraction of sp³-hybridized carbons (Fsp3) is 0.500. The molecule has 1 amide bonds. The number of hydrogen-bond acceptors (Lipinski definition) is 3. The number of piperazine rings is 1. The third-order valence-corrected chi connectivity index (χ3v) is 4.37. The smallest absolute Gasteiger partial charge is 0.241 e. The van der Waals surface area contributed by atoms with Gasteiger partial charge in [0.25, 0.3) is 0 Å². The zero-order valence-electron chi connectivity index (χ0n) is 11.5. The van der Waals surface area contributed by atoms with E-state index in [2.05, 4.69) is 17.1 Å². The Morgan fingerprint density at radius 2 is 1.95 bits per heavy atom. The van der Waals surface area contributed by atoms with Gasteiger partial charge in [0.05, 0.1) is 22.3 Å². The average Bonchev–Trinajstić information content (AvgIpc) is 2.48. The molecular formula is C14H19Cl2N3O. The van der Waals surface area contributed by atoms with E-state index in [9.17, 15) is 4.79 Å². The Kier molecular flexibility index (Phi) is 5.52. The van der Waals surface area contributed by atoms with Gasteiger partial charge in [-0.05, 0) is 18.7 Å². The molecule has 1 aliphatic heterocycles. The van der Waals surface area contributed by atoms with Crippen LogP contribution in [-0.2, 0) is 4.79 Å². The largest absolute Gasteiger partial charge is 0.375 e. The maximum Gasteiger partial charge on any atom is 0.241 e. The number of carbonyl (C=O) groups is 1. The van der Waals surface area contributed by atoms with Crippen LogP contribution in [0, 0.1) is 0 Å². The third-order valence-electron chi connectivity index (χ3n) is 3.55. The predicted octanol–water partition coefficient (Wildman–Crippen LogP) is 2.57. The zero-order valence-corrected chi connectivity index (χ0v) is 13.0. The first-order valence-electron chi connectivity index (χ1n) is 6.80. The fourth-order valence-electron chi connectivity index (χ4n) is 2.24. The summed E-state index contributed by atoms with van der Waals surface area (Å²) in [5, 5.41) is 4.00. The van der Waals surface area contributed by atoms with Gasteiger partial charge in [0.1, 0.15) is 0 Å². The Balaban J connectivity index is 1.85. The molecule has 1 heterocycles. The van der Waals surface area contributed by atoms with E-state index in [1.807, 2.05) is 11.0 Å². The molecule has 1 aromatic rings. The van der Waals surface area contributed by atoms with E-state index in [1.165, 1.54) is 0 Å². The number of amides is 1. The summed E-state index contributed by atoms with van der Waals surface area (Å²) in [5.41, 5.74) is 0.694. The molecule has 6 heteroatoms. The number of nitrogens with zero attached hydrogens (tertiary/aromatic N) is 2. The van der Waals surface area contributed by atoms with Crippen LogP contribution in [-0.4, -0.2) is 55.0 Å². The molecule has 1 aromatic carbocycles. The minimum Gasteiger partial charge on any atom is -0.375 e. The maximum atomic E-state index is 12.1. The number of rotatable bonds is 4. The number of hydrogen-bond donors (Lipinski definition) is 1. The lowest BCUT2D eigenvalue weighted by molar-refractivity contribution is -0.131. The number of halogens is 2. The molecule has 1 N–H and O–H groups in total. The highest BCUT2D eigenvalue weighted by Crippen LogP contribution is 2.29. The van der Waals surface area contributed by atoms with Gasteiger partial charge in [-0.15, -0.1) is 0 Å². The van der Waals surface area contributed by atoms with Gasteiger partial charge in [-0.1, -0.05) is 36.2 Å². The topological polar surface area (TPSA) is 35.6 Å². The Morgan fingerprint density at radius 3 is 2.60 bits per heavy atom. The highest BCUT2D eigenvalue weighted by atomic mass is 35.5. The van der Waals surface area contributed by atoms with Crippen LogP contribution in [0.3, 0.4) is 0 Å². The van der Waals surface area contributed by atoms with Crippen LogP contribution in [0.5, 0.6) is 0 Å². The van der Waals surface area contributed by atoms with Gasteiger partial charge in [-0.3, -0.25) is 4.79 Å². The Labute approximate surface area is 129 Å². The van der Waals surface area contributed by atoms with E-state index in [0.29, 0.717) is 15.7 Å². The molecular weight excluding hydrogens is 297 g/mol. The standard InChI is InChI=1S/C14H19Cl2N3O/c1-2-18-6-8-19(9-7-18)13(20)10-17-12-5-3-4-11(15)14(12)16/h3-5,17H,2,6-10H2,1H3. The molecule has 1 fully saturated rings. The van der Waals surface area contributed by atoms with Crippen LogP contribution < -0.4 is 5.32 Å². The van der Waals surface area contributed by atoms with Crippen molar-refractivity contribution < 1.29 is 4.79 Å². The van der Waals surface area contributed by atoms with Crippen LogP contribution in [0.4, 0.5) is 5.69 Å². The van der Waals surface area contributed by atoms with Crippen LogP contribution in [0.15, 0.2) is 18.2 Å². The van der Waals surface area contributed by atoms with Crippen molar-refractivity contribution in [1.82, 2.24) is 9.80 Å². The van der Waals surface area contributed by atoms with Crippen molar-refractivity contribution in [2.45, 2.75) is 6.92 Å². The SMILES string of the molecule is CCN1CCN(C(=O)CNc2cccc(Cl)c2Cl)CC1. The van der Waals surface area contributed by atoms with E-state index >= 15 is 0 Å². The van der Waals surface area contributed by atoms with Gasteiger partial charge >= 0.3 is 0 Å². The van der Waals surface area contributed by atoms with Crippen LogP contribution in [0.2, 0.25) is 10.0 Å². The summed E-state index contributed by atoms with van der Waals surface area (Å²) in [7, 11) is 0. The summed E-state index contributed by atoms with van der Waals surface area (Å²) in [6, 6.07) is 5.35. The lowest BCUT2D eigenvalue weighted by Crippen LogP contribution is -2.49. The first-order chi connectivity index (χ1) is 9.61. The molecule has 0 unspecified atom stereocenters. The minimum absolute atomic E-state index is 0.0943. The van der Waals surface area contributed by atoms with E-state index in [-0.39, 0.29) is 12.5 Å². The summed E-state index contributed by atoms with van der Waals surface area (Å²) in [6.07, 6.45) is 0. The third kappa shape index (κ3) is 3.78. The fourth-order valence-corrected chi connectivity index (χ4v) is 2.60. The minimum atomic E-state index is 0.0943. The molecule has 0 radical (unpaired) electrons. The van der Waals surface area contributed by atoms with Crippen molar-refractivity contribution in [2.24, 2.45) is 0 Å². The Hall–Kier alpha value is -0.970. The summed E-state index contributed by atoms with van der Waals surface area (Å²) >= 11 is 12.0. The lowest BCUT2D eigenvalue weighted by Gasteiger charge is -2.34. The normalized spacial score (nSPS) is 16.2. The van der Waals surface area contributed by atoms with Gasteiger partial charge in [-0.2, -0.15) is 0 Å². The van der Waals surface area contributed by atoms with Gasteiger partial charge in [0.2, 0.25) is 5.91 Å². The summed E-state index contributed by atoms with van der Waals surface area (Å²) in [5.74, 6) is 0.0943. The molecule has 1 aliphatic rings. The molecule has 20 heavy (non-hydrogen) atoms. The molecule has 2 rings (SSSR count). The quantitative estimate of drug-likeness (QED) is 0.927. The molecule has 0 saturated carbocycles. The second-order valence-electron chi connectivity index (χ2n) is 4.77. The van der Waals surface area contributed by atoms with Gasteiger partial charge in [-0.25, -0.2) is 0 Å². The lowest BCUT2D eigenvalue weighted by atomic mass is 10.3. The molecule has 0 aliphatic carbocycles. The number of likely N-dealkylation sites (N-methyl/N-ethyl adjacent to an activating group) is 1. The Morgan fingerprint density at radius 1 is 1.25 bits per heavy atom. The first kappa shape index (κ1) is 15.4. The maximum absolute atomic E-state index is 12.1. The van der Waals surface area contributed by atoms with E-state index in [1.54, 1.807) is 12.1 Å². The zero-order chi connectivity index (χ0) is 14.5. The molecule has 0 aromatic heterocycles. The highest BCUT2D eigenvalue weighted by Gasteiger charge is 2.19. The molecule has 1 saturated heterocycles. The predicted molar refractivity (Wildman–Crippen MR) is 83.6 cm³/mol. The van der Waals surface area contributed by atoms with Crippen molar-refractivity contribution in [2.75, 3.05) is 44.6 Å². The van der Waals surface area contributed by atoms with Crippen molar-refractivity contribution in [3.8, 4) is 0 Å². The number of carbonyl (C=O) groups excluding carboxylic acids is 1. The van der Waals surface area contributed by atoms with Gasteiger partial charge in [0, 0.05) is 26.2 Å². The second-order valence-corrected chi connectivity index (χ2v) is 5.56. The molecule has 0 bridgehead atoms. The highest BCUT2D eigenvalue weighted by molar-refractivity contribution is 6.43. The van der Waals surface area contributed by atoms with Crippen molar-refractivity contribution >= 4 is 34.8 Å². The van der Waals surface area contributed by atoms with Crippen molar-refractivity contribution in [1.29, 1.82) is 0 Å². The summed E-state index contributed by atoms with van der Waals surface area (Å²) in [4.78, 5) is 16.4. The number of benzene rings is 1. The second kappa shape index (κ2) is 7.16. The number of anilines is 1. The van der Waals surface area contributed by atoms with E-state index in [4.69, 9.17) is 23.2 Å². The number of nitrogens with one attached hydrogen (secondary N) is 1. The first-order valence-corrected chi connectivity index (χ1v) is 7.55. The van der Waals surface area contributed by atoms with Crippen LogP contribution in [0.1, 0.15) is 6.92 Å². The monoisotopic (exact) mass is 315 g/mol. The van der Waals surface area contributed by atoms with Crippen LogP contribution >= 0.6 is 23.2 Å². The molecule has 0 atom stereocenters. The summed E-state index contributed by atoms with van der Waals surface area (Å²) < 4.78 is 0. The molecule has 0 spiro atoms. The average molecular weight is 316 g/mol. The molecule has 110 valence electrons. The van der Waals surface area contributed by atoms with Gasteiger partial charge in [0.15, 0.2) is 0 Å². The van der Waals surface area contributed by atoms with Crippen LogP contribution in [0.25, 0.3) is 0 Å².